The van der Waals surface area contributed by atoms with Crippen molar-refractivity contribution in [3.63, 3.8) is 0 Å². The van der Waals surface area contributed by atoms with E-state index in [9.17, 15) is 5.11 Å². The fourth-order valence-corrected chi connectivity index (χ4v) is 1.36. The first kappa shape index (κ1) is 12.4. The van der Waals surface area contributed by atoms with Crippen molar-refractivity contribution in [3.05, 3.63) is 29.0 Å². The van der Waals surface area contributed by atoms with Crippen molar-refractivity contribution in [1.82, 2.24) is 4.98 Å². The van der Waals surface area contributed by atoms with Crippen molar-refractivity contribution >= 4 is 11.6 Å². The molecule has 1 atom stereocenters. The molecule has 0 aliphatic carbocycles. The molecule has 1 unspecified atom stereocenters. The monoisotopic (exact) mass is 229 g/mol. The summed E-state index contributed by atoms with van der Waals surface area (Å²) >= 11 is 5.95. The number of pyridine rings is 1. The lowest BCUT2D eigenvalue weighted by atomic mass is 9.95. The second-order valence-electron chi connectivity index (χ2n) is 3.99. The number of aliphatic hydroxyl groups excluding tert-OH is 1. The summed E-state index contributed by atoms with van der Waals surface area (Å²) in [6.45, 7) is 3.68. The summed E-state index contributed by atoms with van der Waals surface area (Å²) in [5, 5.41) is 10.5. The number of halogens is 1. The van der Waals surface area contributed by atoms with Gasteiger partial charge in [0.05, 0.1) is 16.7 Å². The van der Waals surface area contributed by atoms with E-state index in [2.05, 4.69) is 4.98 Å². The molecule has 0 amide bonds. The van der Waals surface area contributed by atoms with Gasteiger partial charge in [-0.25, -0.2) is 0 Å². The first-order valence-corrected chi connectivity index (χ1v) is 5.17. The van der Waals surface area contributed by atoms with Crippen LogP contribution in [0.4, 0.5) is 0 Å². The zero-order chi connectivity index (χ0) is 11.5. The van der Waals surface area contributed by atoms with Gasteiger partial charge in [0, 0.05) is 25.9 Å². The molecule has 1 aromatic rings. The van der Waals surface area contributed by atoms with Crippen LogP contribution in [0.25, 0.3) is 0 Å². The maximum atomic E-state index is 9.95. The number of hydrogen-bond donors (Lipinski definition) is 1. The summed E-state index contributed by atoms with van der Waals surface area (Å²) in [6, 6.07) is 1.80. The molecule has 0 aliphatic rings. The Morgan fingerprint density at radius 1 is 1.60 bits per heavy atom. The predicted molar refractivity (Wildman–Crippen MR) is 60.0 cm³/mol. The molecule has 0 saturated carbocycles. The lowest BCUT2D eigenvalue weighted by Crippen LogP contribution is -2.39. The van der Waals surface area contributed by atoms with E-state index in [1.165, 1.54) is 0 Å². The summed E-state index contributed by atoms with van der Waals surface area (Å²) in [4.78, 5) is 3.89. The highest BCUT2D eigenvalue weighted by molar-refractivity contribution is 6.31. The molecule has 0 saturated heterocycles. The van der Waals surface area contributed by atoms with Crippen LogP contribution in [-0.4, -0.2) is 28.9 Å². The Bertz CT molecular complexity index is 328. The molecule has 0 fully saturated rings. The Balaban J connectivity index is 2.75. The van der Waals surface area contributed by atoms with Gasteiger partial charge in [-0.15, -0.1) is 0 Å². The third-order valence-electron chi connectivity index (χ3n) is 2.60. The molecule has 1 N–H and O–H groups in total. The zero-order valence-corrected chi connectivity index (χ0v) is 9.95. The third-order valence-corrected chi connectivity index (χ3v) is 2.94. The second kappa shape index (κ2) is 4.92. The van der Waals surface area contributed by atoms with E-state index >= 15 is 0 Å². The van der Waals surface area contributed by atoms with Gasteiger partial charge in [-0.1, -0.05) is 11.6 Å². The predicted octanol–water partition coefficient (Wildman–Crippen LogP) is 2.06. The minimum atomic E-state index is -0.595. The smallest absolute Gasteiger partial charge is 0.0883 e. The SMILES string of the molecule is COC(C)(C)C(O)Cc1ccncc1Cl. The number of rotatable bonds is 4. The molecule has 84 valence electrons. The highest BCUT2D eigenvalue weighted by Gasteiger charge is 2.27. The molecule has 0 aliphatic heterocycles. The van der Waals surface area contributed by atoms with Crippen LogP contribution in [0.2, 0.25) is 5.02 Å². The van der Waals surface area contributed by atoms with Gasteiger partial charge in [0.25, 0.3) is 0 Å². The number of aliphatic hydroxyl groups is 1. The van der Waals surface area contributed by atoms with Crippen LogP contribution >= 0.6 is 11.6 Å². The molecule has 0 aromatic carbocycles. The Morgan fingerprint density at radius 3 is 2.80 bits per heavy atom. The van der Waals surface area contributed by atoms with Gasteiger partial charge in [0.2, 0.25) is 0 Å². The van der Waals surface area contributed by atoms with Gasteiger partial charge >= 0.3 is 0 Å². The largest absolute Gasteiger partial charge is 0.390 e. The molecule has 4 heteroatoms. The first-order chi connectivity index (χ1) is 6.97. The van der Waals surface area contributed by atoms with Crippen molar-refractivity contribution in [2.45, 2.75) is 32.0 Å². The van der Waals surface area contributed by atoms with Crippen molar-refractivity contribution in [1.29, 1.82) is 0 Å². The van der Waals surface area contributed by atoms with Crippen LogP contribution < -0.4 is 0 Å². The van der Waals surface area contributed by atoms with E-state index in [0.717, 1.165) is 5.56 Å². The Labute approximate surface area is 95.1 Å². The fraction of sp³-hybridized carbons (Fsp3) is 0.545. The van der Waals surface area contributed by atoms with Gasteiger partial charge in [-0.3, -0.25) is 4.98 Å². The summed E-state index contributed by atoms with van der Waals surface area (Å²) in [7, 11) is 1.58. The van der Waals surface area contributed by atoms with Gasteiger partial charge in [0.15, 0.2) is 0 Å². The van der Waals surface area contributed by atoms with Crippen LogP contribution in [-0.2, 0) is 11.2 Å². The van der Waals surface area contributed by atoms with Crippen molar-refractivity contribution in [2.75, 3.05) is 7.11 Å². The van der Waals surface area contributed by atoms with Crippen molar-refractivity contribution in [3.8, 4) is 0 Å². The molecule has 1 rings (SSSR count). The lowest BCUT2D eigenvalue weighted by Gasteiger charge is -2.29. The summed E-state index contributed by atoms with van der Waals surface area (Å²) in [5.41, 5.74) is 0.302. The number of aromatic nitrogens is 1. The highest BCUT2D eigenvalue weighted by atomic mass is 35.5. The van der Waals surface area contributed by atoms with Gasteiger partial charge < -0.3 is 9.84 Å². The van der Waals surface area contributed by atoms with Crippen molar-refractivity contribution < 1.29 is 9.84 Å². The average molecular weight is 230 g/mol. The minimum Gasteiger partial charge on any atom is -0.390 e. The lowest BCUT2D eigenvalue weighted by molar-refractivity contribution is -0.0764. The van der Waals surface area contributed by atoms with Crippen molar-refractivity contribution in [2.24, 2.45) is 0 Å². The number of ether oxygens (including phenoxy) is 1. The molecular weight excluding hydrogens is 214 g/mol. The Morgan fingerprint density at radius 2 is 2.27 bits per heavy atom. The third kappa shape index (κ3) is 3.16. The van der Waals surface area contributed by atoms with Gasteiger partial charge in [-0.2, -0.15) is 0 Å². The van der Waals surface area contributed by atoms with Crippen LogP contribution in [0.15, 0.2) is 18.5 Å². The average Bonchev–Trinajstić information content (AvgIpc) is 2.21. The topological polar surface area (TPSA) is 42.4 Å². The summed E-state index contributed by atoms with van der Waals surface area (Å²) < 4.78 is 5.20. The summed E-state index contributed by atoms with van der Waals surface area (Å²) in [5.74, 6) is 0. The Hall–Kier alpha value is -0.640. The van der Waals surface area contributed by atoms with Crippen LogP contribution in [0.1, 0.15) is 19.4 Å². The number of hydrogen-bond acceptors (Lipinski definition) is 3. The van der Waals surface area contributed by atoms with Crippen LogP contribution in [0.3, 0.4) is 0 Å². The molecule has 1 heterocycles. The highest BCUT2D eigenvalue weighted by Crippen LogP contribution is 2.21. The van der Waals surface area contributed by atoms with E-state index in [1.807, 2.05) is 13.8 Å². The van der Waals surface area contributed by atoms with Gasteiger partial charge in [-0.05, 0) is 25.5 Å². The maximum Gasteiger partial charge on any atom is 0.0883 e. The van der Waals surface area contributed by atoms with E-state index in [1.54, 1.807) is 25.6 Å². The number of methoxy groups -OCH3 is 1. The molecule has 0 radical (unpaired) electrons. The molecule has 15 heavy (non-hydrogen) atoms. The molecular formula is C11H16ClNO2. The minimum absolute atomic E-state index is 0.461. The Kier molecular flexibility index (Phi) is 4.08. The van der Waals surface area contributed by atoms with E-state index in [-0.39, 0.29) is 0 Å². The molecule has 0 bridgehead atoms. The van der Waals surface area contributed by atoms with E-state index in [0.29, 0.717) is 11.4 Å². The fourth-order valence-electron chi connectivity index (χ4n) is 1.16. The quantitative estimate of drug-likeness (QED) is 0.860. The van der Waals surface area contributed by atoms with Crippen LogP contribution in [0.5, 0.6) is 0 Å². The first-order valence-electron chi connectivity index (χ1n) is 4.79. The summed E-state index contributed by atoms with van der Waals surface area (Å²) in [6.07, 6.45) is 3.10. The van der Waals surface area contributed by atoms with E-state index < -0.39 is 11.7 Å². The second-order valence-corrected chi connectivity index (χ2v) is 4.40. The number of nitrogens with zero attached hydrogens (tertiary/aromatic N) is 1. The standard InChI is InChI=1S/C11H16ClNO2/c1-11(2,15-3)10(14)6-8-4-5-13-7-9(8)12/h4-5,7,10,14H,6H2,1-3H3. The zero-order valence-electron chi connectivity index (χ0n) is 9.20. The molecule has 0 spiro atoms. The molecule has 3 nitrogen and oxygen atoms in total. The normalized spacial score (nSPS) is 13.9. The van der Waals surface area contributed by atoms with Gasteiger partial charge in [0.1, 0.15) is 0 Å². The molecule has 1 aromatic heterocycles. The maximum absolute atomic E-state index is 9.95. The van der Waals surface area contributed by atoms with E-state index in [4.69, 9.17) is 16.3 Å². The van der Waals surface area contributed by atoms with Crippen LogP contribution in [0, 0.1) is 0 Å².